The van der Waals surface area contributed by atoms with Gasteiger partial charge in [0.05, 0.1) is 94.0 Å². The molecule has 256 valence electrons. The number of H-pyrrole nitrogens is 2. The zero-order valence-corrected chi connectivity index (χ0v) is 29.8. The molecule has 0 aliphatic carbocycles. The Labute approximate surface area is 288 Å². The third-order valence-corrected chi connectivity index (χ3v) is 10.5. The van der Waals surface area contributed by atoms with Crippen LogP contribution in [0.25, 0.3) is 22.1 Å². The highest BCUT2D eigenvalue weighted by molar-refractivity contribution is 7.84. The zero-order chi connectivity index (χ0) is 34.7. The van der Waals surface area contributed by atoms with Gasteiger partial charge in [-0.25, -0.2) is 9.97 Å². The molecule has 0 saturated carbocycles. The fourth-order valence-electron chi connectivity index (χ4n) is 5.58. The number of aromatic nitrogens is 6. The molecule has 0 radical (unpaired) electrons. The Kier molecular flexibility index (Phi) is 10.2. The van der Waals surface area contributed by atoms with E-state index in [1.807, 2.05) is 64.1 Å². The quantitative estimate of drug-likeness (QED) is 0.130. The average molecular weight is 703 g/mol. The van der Waals surface area contributed by atoms with E-state index in [4.69, 9.17) is 18.9 Å². The first-order chi connectivity index (χ1) is 23.6. The Morgan fingerprint density at radius 2 is 1.08 bits per heavy atom. The smallest absolute Gasteiger partial charge is 0.197 e. The number of rotatable bonds is 14. The fraction of sp³-hybridized carbons (Fsp3) is 0.314. The maximum absolute atomic E-state index is 13.1. The van der Waals surface area contributed by atoms with Crippen molar-refractivity contribution in [3.63, 3.8) is 0 Å². The second kappa shape index (κ2) is 14.7. The number of ether oxygens (including phenoxy) is 4. The molecule has 49 heavy (non-hydrogen) atoms. The monoisotopic (exact) mass is 702 g/mol. The van der Waals surface area contributed by atoms with Gasteiger partial charge in [0.1, 0.15) is 23.0 Å². The standard InChI is InChI=1S/C35H38N6O6S2/c1-20-16-36-30(22(3)32(20)44-5)18-48(42)34-38-26-10-8-24(14-28(26)40-34)46-12-7-13-47-25-9-11-27-29(15-25)41-35(39-27)49(43)19-31-23(4)33(45-6)21(2)17-37-31/h8-11,14-17H,7,12-13,18-19H2,1-6H3,(H,38,40)(H,39,41). The second-order valence-corrected chi connectivity index (χ2v) is 14.3. The maximum atomic E-state index is 13.1. The lowest BCUT2D eigenvalue weighted by Crippen LogP contribution is -2.05. The maximum Gasteiger partial charge on any atom is 0.197 e. The number of imidazole rings is 2. The van der Waals surface area contributed by atoms with Gasteiger partial charge in [-0.15, -0.1) is 0 Å². The van der Waals surface area contributed by atoms with Crippen LogP contribution < -0.4 is 18.9 Å². The van der Waals surface area contributed by atoms with E-state index < -0.39 is 21.6 Å². The number of hydrogen-bond donors (Lipinski definition) is 2. The van der Waals surface area contributed by atoms with Crippen molar-refractivity contribution in [3.8, 4) is 23.0 Å². The molecular formula is C35H38N6O6S2. The first kappa shape index (κ1) is 34.1. The Balaban J connectivity index is 1.00. The van der Waals surface area contributed by atoms with Gasteiger partial charge in [-0.05, 0) is 52.0 Å². The molecule has 6 rings (SSSR count). The van der Waals surface area contributed by atoms with Gasteiger partial charge >= 0.3 is 0 Å². The molecule has 0 saturated heterocycles. The van der Waals surface area contributed by atoms with E-state index in [0.717, 1.165) is 44.8 Å². The summed E-state index contributed by atoms with van der Waals surface area (Å²) >= 11 is 0. The number of hydrogen-bond acceptors (Lipinski definition) is 10. The van der Waals surface area contributed by atoms with Crippen molar-refractivity contribution in [1.29, 1.82) is 0 Å². The molecule has 0 bridgehead atoms. The number of aryl methyl sites for hydroxylation is 2. The number of methoxy groups -OCH3 is 2. The minimum atomic E-state index is -1.42. The summed E-state index contributed by atoms with van der Waals surface area (Å²) in [6.45, 7) is 8.57. The van der Waals surface area contributed by atoms with Gasteiger partial charge < -0.3 is 28.9 Å². The zero-order valence-electron chi connectivity index (χ0n) is 28.2. The topological polar surface area (TPSA) is 154 Å². The third kappa shape index (κ3) is 7.44. The Bertz CT molecular complexity index is 2040. The SMILES string of the molecule is COc1c(C)cnc(CS(=O)c2nc3ccc(OCCCOc4ccc5nc(S(=O)Cc6ncc(C)c(OC)c6C)[nH]c5c4)cc3[nH]2)c1C. The van der Waals surface area contributed by atoms with Crippen LogP contribution in [0.2, 0.25) is 0 Å². The molecule has 4 aromatic heterocycles. The van der Waals surface area contributed by atoms with E-state index in [1.165, 1.54) is 0 Å². The molecule has 0 aliphatic rings. The van der Waals surface area contributed by atoms with Crippen molar-refractivity contribution in [2.75, 3.05) is 27.4 Å². The van der Waals surface area contributed by atoms with Crippen LogP contribution in [0.4, 0.5) is 0 Å². The number of benzene rings is 2. The number of aromatic amines is 2. The molecule has 12 nitrogen and oxygen atoms in total. The Morgan fingerprint density at radius 1 is 0.653 bits per heavy atom. The van der Waals surface area contributed by atoms with Crippen LogP contribution >= 0.6 is 0 Å². The van der Waals surface area contributed by atoms with Gasteiger partial charge in [-0.1, -0.05) is 0 Å². The summed E-state index contributed by atoms with van der Waals surface area (Å²) in [5.74, 6) is 3.30. The molecule has 2 aromatic carbocycles. The molecule has 0 amide bonds. The Morgan fingerprint density at radius 3 is 1.49 bits per heavy atom. The van der Waals surface area contributed by atoms with E-state index >= 15 is 0 Å². The molecule has 2 N–H and O–H groups in total. The highest BCUT2D eigenvalue weighted by Crippen LogP contribution is 2.28. The van der Waals surface area contributed by atoms with Crippen LogP contribution in [0, 0.1) is 27.7 Å². The van der Waals surface area contributed by atoms with Gasteiger partial charge in [0, 0.05) is 53.2 Å². The van der Waals surface area contributed by atoms with E-state index in [1.54, 1.807) is 26.6 Å². The molecule has 2 atom stereocenters. The van der Waals surface area contributed by atoms with Crippen molar-refractivity contribution < 1.29 is 27.4 Å². The van der Waals surface area contributed by atoms with Crippen LogP contribution in [0.1, 0.15) is 40.1 Å². The molecule has 0 spiro atoms. The van der Waals surface area contributed by atoms with Crippen molar-refractivity contribution in [3.05, 3.63) is 82.4 Å². The first-order valence-corrected chi connectivity index (χ1v) is 18.3. The largest absolute Gasteiger partial charge is 0.496 e. The van der Waals surface area contributed by atoms with Gasteiger partial charge in [0.15, 0.2) is 10.3 Å². The normalized spacial score (nSPS) is 12.7. The van der Waals surface area contributed by atoms with Gasteiger partial charge in [-0.3, -0.25) is 18.4 Å². The van der Waals surface area contributed by atoms with Crippen molar-refractivity contribution in [2.45, 2.75) is 55.9 Å². The van der Waals surface area contributed by atoms with Gasteiger partial charge in [0.2, 0.25) is 0 Å². The summed E-state index contributed by atoms with van der Waals surface area (Å²) in [6.07, 6.45) is 4.11. The molecule has 0 aliphatic heterocycles. The highest BCUT2D eigenvalue weighted by atomic mass is 32.2. The lowest BCUT2D eigenvalue weighted by molar-refractivity contribution is 0.248. The summed E-state index contributed by atoms with van der Waals surface area (Å²) in [5, 5.41) is 0.765. The number of pyridine rings is 2. The molecule has 0 fully saturated rings. The van der Waals surface area contributed by atoms with Crippen LogP contribution in [0.5, 0.6) is 23.0 Å². The van der Waals surface area contributed by atoms with E-state index in [0.29, 0.717) is 63.9 Å². The first-order valence-electron chi connectivity index (χ1n) is 15.6. The summed E-state index contributed by atoms with van der Waals surface area (Å²) in [6, 6.07) is 11.1. The third-order valence-electron chi connectivity index (χ3n) is 8.16. The Hall–Kier alpha value is -4.82. The van der Waals surface area contributed by atoms with Gasteiger partial charge in [0.25, 0.3) is 0 Å². The molecule has 4 heterocycles. The van der Waals surface area contributed by atoms with Crippen LogP contribution in [-0.2, 0) is 33.1 Å². The van der Waals surface area contributed by atoms with E-state index in [-0.39, 0.29) is 11.5 Å². The molecule has 14 heteroatoms. The summed E-state index contributed by atoms with van der Waals surface area (Å²) in [4.78, 5) is 24.3. The lowest BCUT2D eigenvalue weighted by atomic mass is 10.1. The van der Waals surface area contributed by atoms with Gasteiger partial charge in [-0.2, -0.15) is 0 Å². The fourth-order valence-corrected chi connectivity index (χ4v) is 7.78. The summed E-state index contributed by atoms with van der Waals surface area (Å²) in [5.41, 5.74) is 7.91. The van der Waals surface area contributed by atoms with Crippen LogP contribution in [0.15, 0.2) is 59.1 Å². The van der Waals surface area contributed by atoms with Crippen LogP contribution in [-0.4, -0.2) is 65.8 Å². The highest BCUT2D eigenvalue weighted by Gasteiger charge is 2.18. The van der Waals surface area contributed by atoms with E-state index in [9.17, 15) is 8.42 Å². The molecule has 2 unspecified atom stereocenters. The van der Waals surface area contributed by atoms with Crippen LogP contribution in [0.3, 0.4) is 0 Å². The van der Waals surface area contributed by atoms with Crippen molar-refractivity contribution >= 4 is 43.7 Å². The number of nitrogens with one attached hydrogen (secondary N) is 2. The average Bonchev–Trinajstić information content (AvgIpc) is 3.72. The number of nitrogens with zero attached hydrogens (tertiary/aromatic N) is 4. The predicted molar refractivity (Wildman–Crippen MR) is 189 cm³/mol. The number of fused-ring (bicyclic) bond motifs is 2. The second-order valence-electron chi connectivity index (χ2n) is 11.6. The predicted octanol–water partition coefficient (Wildman–Crippen LogP) is 5.94. The van der Waals surface area contributed by atoms with Crippen molar-refractivity contribution in [2.24, 2.45) is 0 Å². The summed E-state index contributed by atoms with van der Waals surface area (Å²) in [7, 11) is 0.405. The molecule has 6 aromatic rings. The van der Waals surface area contributed by atoms with E-state index in [2.05, 4.69) is 29.9 Å². The lowest BCUT2D eigenvalue weighted by Gasteiger charge is -2.11. The minimum Gasteiger partial charge on any atom is -0.496 e. The molecular weight excluding hydrogens is 665 g/mol. The minimum absolute atomic E-state index is 0.223. The van der Waals surface area contributed by atoms with Crippen molar-refractivity contribution in [1.82, 2.24) is 29.9 Å². The summed E-state index contributed by atoms with van der Waals surface area (Å²) < 4.78 is 49.2.